The molecule has 1 aliphatic heterocycles. The monoisotopic (exact) mass is 243 g/mol. The van der Waals surface area contributed by atoms with E-state index in [1.807, 2.05) is 30.5 Å². The molecular weight excluding hydrogens is 230 g/mol. The zero-order chi connectivity index (χ0) is 12.6. The number of H-pyrrole nitrogens is 1. The molecule has 0 saturated carbocycles. The molecule has 0 bridgehead atoms. The summed E-state index contributed by atoms with van der Waals surface area (Å²) in [6, 6.07) is 7.88. The number of esters is 1. The SMILES string of the molecule is O=CC1(Cc2c[nH]c3ccccc23)CCC(=O)O1. The maximum Gasteiger partial charge on any atom is 0.306 e. The molecule has 1 fully saturated rings. The van der Waals surface area contributed by atoms with E-state index in [1.165, 1.54) is 0 Å². The average Bonchev–Trinajstić information content (AvgIpc) is 2.96. The topological polar surface area (TPSA) is 59.2 Å². The number of aldehydes is 1. The molecule has 1 unspecified atom stereocenters. The van der Waals surface area contributed by atoms with E-state index >= 15 is 0 Å². The first-order valence-electron chi connectivity index (χ1n) is 5.96. The highest BCUT2D eigenvalue weighted by atomic mass is 16.6. The quantitative estimate of drug-likeness (QED) is 0.662. The molecule has 4 nitrogen and oxygen atoms in total. The minimum atomic E-state index is -0.970. The molecule has 0 aliphatic carbocycles. The summed E-state index contributed by atoms with van der Waals surface area (Å²) in [5, 5.41) is 1.07. The molecule has 92 valence electrons. The van der Waals surface area contributed by atoms with Crippen LogP contribution in [0.4, 0.5) is 0 Å². The number of benzene rings is 1. The van der Waals surface area contributed by atoms with Crippen LogP contribution in [0.3, 0.4) is 0 Å². The molecule has 1 aromatic carbocycles. The van der Waals surface area contributed by atoms with Gasteiger partial charge in [-0.3, -0.25) is 9.59 Å². The Kier molecular flexibility index (Phi) is 2.44. The molecule has 18 heavy (non-hydrogen) atoms. The van der Waals surface area contributed by atoms with E-state index in [9.17, 15) is 9.59 Å². The molecule has 1 atom stereocenters. The van der Waals surface area contributed by atoms with Crippen molar-refractivity contribution >= 4 is 23.2 Å². The van der Waals surface area contributed by atoms with E-state index in [1.54, 1.807) is 0 Å². The number of hydrogen-bond acceptors (Lipinski definition) is 3. The van der Waals surface area contributed by atoms with Crippen molar-refractivity contribution in [3.05, 3.63) is 36.0 Å². The van der Waals surface area contributed by atoms with Crippen LogP contribution in [0.25, 0.3) is 10.9 Å². The van der Waals surface area contributed by atoms with Crippen molar-refractivity contribution in [2.24, 2.45) is 0 Å². The maximum absolute atomic E-state index is 11.2. The third-order valence-electron chi connectivity index (χ3n) is 3.45. The summed E-state index contributed by atoms with van der Waals surface area (Å²) in [4.78, 5) is 25.6. The van der Waals surface area contributed by atoms with Gasteiger partial charge in [0.15, 0.2) is 11.9 Å². The molecule has 0 spiro atoms. The highest BCUT2D eigenvalue weighted by Crippen LogP contribution is 2.31. The number of hydrogen-bond donors (Lipinski definition) is 1. The van der Waals surface area contributed by atoms with Crippen molar-refractivity contribution in [2.75, 3.05) is 0 Å². The van der Waals surface area contributed by atoms with E-state index in [2.05, 4.69) is 4.98 Å². The first kappa shape index (κ1) is 11.0. The first-order valence-corrected chi connectivity index (χ1v) is 5.96. The van der Waals surface area contributed by atoms with E-state index in [-0.39, 0.29) is 5.97 Å². The third-order valence-corrected chi connectivity index (χ3v) is 3.45. The molecule has 3 rings (SSSR count). The van der Waals surface area contributed by atoms with E-state index < -0.39 is 5.60 Å². The number of fused-ring (bicyclic) bond motifs is 1. The van der Waals surface area contributed by atoms with Crippen LogP contribution >= 0.6 is 0 Å². The van der Waals surface area contributed by atoms with Crippen LogP contribution in [0.5, 0.6) is 0 Å². The smallest absolute Gasteiger partial charge is 0.306 e. The van der Waals surface area contributed by atoms with Crippen molar-refractivity contribution in [2.45, 2.75) is 24.9 Å². The average molecular weight is 243 g/mol. The molecule has 0 radical (unpaired) electrons. The number of carbonyl (C=O) groups excluding carboxylic acids is 2. The fraction of sp³-hybridized carbons (Fsp3) is 0.286. The number of carbonyl (C=O) groups is 2. The van der Waals surface area contributed by atoms with Gasteiger partial charge < -0.3 is 9.72 Å². The summed E-state index contributed by atoms with van der Waals surface area (Å²) in [7, 11) is 0. The van der Waals surface area contributed by atoms with Crippen LogP contribution in [0.2, 0.25) is 0 Å². The third kappa shape index (κ3) is 1.70. The van der Waals surface area contributed by atoms with Gasteiger partial charge in [0.25, 0.3) is 0 Å². The lowest BCUT2D eigenvalue weighted by atomic mass is 9.93. The molecule has 1 N–H and O–H groups in total. The van der Waals surface area contributed by atoms with Gasteiger partial charge in [-0.2, -0.15) is 0 Å². The maximum atomic E-state index is 11.2. The zero-order valence-electron chi connectivity index (χ0n) is 9.81. The Labute approximate surface area is 104 Å². The summed E-state index contributed by atoms with van der Waals surface area (Å²) in [6.07, 6.45) is 3.87. The second-order valence-electron chi connectivity index (χ2n) is 4.69. The summed E-state index contributed by atoms with van der Waals surface area (Å²) < 4.78 is 5.20. The number of nitrogens with one attached hydrogen (secondary N) is 1. The number of rotatable bonds is 3. The Morgan fingerprint density at radius 1 is 1.39 bits per heavy atom. The summed E-state index contributed by atoms with van der Waals surface area (Å²) in [5.41, 5.74) is 1.06. The lowest BCUT2D eigenvalue weighted by molar-refractivity contribution is -0.152. The van der Waals surface area contributed by atoms with Crippen molar-refractivity contribution in [1.29, 1.82) is 0 Å². The Morgan fingerprint density at radius 2 is 2.22 bits per heavy atom. The molecule has 4 heteroatoms. The molecule has 1 aromatic heterocycles. The number of cyclic esters (lactones) is 1. The largest absolute Gasteiger partial charge is 0.451 e. The fourth-order valence-electron chi connectivity index (χ4n) is 2.49. The number of aromatic amines is 1. The fourth-order valence-corrected chi connectivity index (χ4v) is 2.49. The van der Waals surface area contributed by atoms with E-state index in [4.69, 9.17) is 4.74 Å². The van der Waals surface area contributed by atoms with Crippen molar-refractivity contribution in [1.82, 2.24) is 4.98 Å². The molecule has 1 saturated heterocycles. The number of para-hydroxylation sites is 1. The summed E-state index contributed by atoms with van der Waals surface area (Å²) in [5.74, 6) is -0.290. The predicted molar refractivity (Wildman–Crippen MR) is 66.1 cm³/mol. The Balaban J connectivity index is 1.96. The van der Waals surface area contributed by atoms with Crippen molar-refractivity contribution in [3.63, 3.8) is 0 Å². The van der Waals surface area contributed by atoms with Crippen LogP contribution in [0.1, 0.15) is 18.4 Å². The second-order valence-corrected chi connectivity index (χ2v) is 4.69. The normalized spacial score (nSPS) is 23.2. The van der Waals surface area contributed by atoms with Crippen LogP contribution in [-0.4, -0.2) is 22.8 Å². The van der Waals surface area contributed by atoms with E-state index in [0.717, 1.165) is 22.8 Å². The minimum absolute atomic E-state index is 0.290. The molecular formula is C14H13NO3. The molecule has 2 aromatic rings. The van der Waals surface area contributed by atoms with Crippen LogP contribution in [-0.2, 0) is 20.7 Å². The Bertz CT molecular complexity index is 616. The molecule has 2 heterocycles. The van der Waals surface area contributed by atoms with Gasteiger partial charge in [0.2, 0.25) is 0 Å². The highest BCUT2D eigenvalue weighted by molar-refractivity contribution is 5.85. The Hall–Kier alpha value is -2.10. The van der Waals surface area contributed by atoms with E-state index in [0.29, 0.717) is 19.3 Å². The van der Waals surface area contributed by atoms with Gasteiger partial charge >= 0.3 is 5.97 Å². The standard InChI is InChI=1S/C14H13NO3/c16-9-14(6-5-13(17)18-14)7-10-8-15-12-4-2-1-3-11(10)12/h1-4,8-9,15H,5-7H2. The number of aromatic nitrogens is 1. The predicted octanol–water partition coefficient (Wildman–Crippen LogP) is 1.99. The highest BCUT2D eigenvalue weighted by Gasteiger charge is 2.40. The van der Waals surface area contributed by atoms with Gasteiger partial charge in [-0.15, -0.1) is 0 Å². The lowest BCUT2D eigenvalue weighted by Crippen LogP contribution is -2.33. The van der Waals surface area contributed by atoms with Crippen LogP contribution < -0.4 is 0 Å². The van der Waals surface area contributed by atoms with Gasteiger partial charge in [-0.25, -0.2) is 0 Å². The Morgan fingerprint density at radius 3 is 2.94 bits per heavy atom. The lowest BCUT2D eigenvalue weighted by Gasteiger charge is -2.20. The van der Waals surface area contributed by atoms with Gasteiger partial charge in [-0.1, -0.05) is 18.2 Å². The summed E-state index contributed by atoms with van der Waals surface area (Å²) >= 11 is 0. The zero-order valence-corrected chi connectivity index (χ0v) is 9.81. The summed E-state index contributed by atoms with van der Waals surface area (Å²) in [6.45, 7) is 0. The molecule has 0 amide bonds. The van der Waals surface area contributed by atoms with Crippen LogP contribution in [0, 0.1) is 0 Å². The van der Waals surface area contributed by atoms with Gasteiger partial charge in [0.05, 0.1) is 0 Å². The van der Waals surface area contributed by atoms with Gasteiger partial charge in [0.1, 0.15) is 0 Å². The van der Waals surface area contributed by atoms with Crippen molar-refractivity contribution in [3.8, 4) is 0 Å². The van der Waals surface area contributed by atoms with Crippen molar-refractivity contribution < 1.29 is 14.3 Å². The minimum Gasteiger partial charge on any atom is -0.451 e. The van der Waals surface area contributed by atoms with Crippen LogP contribution in [0.15, 0.2) is 30.5 Å². The van der Waals surface area contributed by atoms with Gasteiger partial charge in [-0.05, 0) is 11.6 Å². The first-order chi connectivity index (χ1) is 8.72. The number of ether oxygens (including phenoxy) is 1. The second kappa shape index (κ2) is 3.98. The molecule has 1 aliphatic rings. The van der Waals surface area contributed by atoms with Gasteiger partial charge in [0, 0.05) is 36.4 Å².